The Morgan fingerprint density at radius 3 is 2.58 bits per heavy atom. The minimum Gasteiger partial charge on any atom is -0.485 e. The molecule has 0 bridgehead atoms. The molecule has 208 valence electrons. The maximum absolute atomic E-state index is 14.0. The molecule has 0 spiro atoms. The van der Waals surface area contributed by atoms with Crippen molar-refractivity contribution in [1.29, 1.82) is 0 Å². The first kappa shape index (κ1) is 27.8. The van der Waals surface area contributed by atoms with E-state index in [2.05, 4.69) is 15.0 Å². The first-order valence-corrected chi connectivity index (χ1v) is 13.3. The second kappa shape index (κ2) is 11.0. The Kier molecular flexibility index (Phi) is 7.65. The minimum absolute atomic E-state index is 0.0600. The third-order valence-corrected chi connectivity index (χ3v) is 7.58. The van der Waals surface area contributed by atoms with Crippen molar-refractivity contribution >= 4 is 11.6 Å². The van der Waals surface area contributed by atoms with Gasteiger partial charge in [0, 0.05) is 36.1 Å². The number of rotatable bonds is 6. The Morgan fingerprint density at radius 2 is 1.85 bits per heavy atom. The third-order valence-electron chi connectivity index (χ3n) is 7.23. The van der Waals surface area contributed by atoms with Crippen LogP contribution in [0.1, 0.15) is 61.3 Å². The maximum Gasteiger partial charge on any atom is 0.277 e. The van der Waals surface area contributed by atoms with Crippen LogP contribution in [0.25, 0.3) is 17.1 Å². The molecule has 0 atom stereocenters. The fourth-order valence-corrected chi connectivity index (χ4v) is 5.08. The van der Waals surface area contributed by atoms with Crippen molar-refractivity contribution in [2.24, 2.45) is 0 Å². The molecule has 0 saturated heterocycles. The van der Waals surface area contributed by atoms with E-state index in [9.17, 15) is 18.7 Å². The number of nitrogens with zero attached hydrogens (tertiary/aromatic N) is 5. The monoisotopic (exact) mass is 567 g/mol. The van der Waals surface area contributed by atoms with Crippen LogP contribution in [-0.2, 0) is 6.61 Å². The van der Waals surface area contributed by atoms with E-state index >= 15 is 0 Å². The van der Waals surface area contributed by atoms with E-state index in [0.717, 1.165) is 24.6 Å². The first-order chi connectivity index (χ1) is 19.0. The van der Waals surface area contributed by atoms with Crippen LogP contribution in [0.2, 0.25) is 5.02 Å². The molecule has 1 N–H and O–H groups in total. The largest absolute Gasteiger partial charge is 0.485 e. The predicted octanol–water partition coefficient (Wildman–Crippen LogP) is 5.62. The van der Waals surface area contributed by atoms with Gasteiger partial charge in [-0.2, -0.15) is 0 Å². The molecule has 0 amide bonds. The first-order valence-electron chi connectivity index (χ1n) is 12.9. The molecular weight excluding hydrogens is 540 g/mol. The average molecular weight is 568 g/mol. The summed E-state index contributed by atoms with van der Waals surface area (Å²) in [5.74, 6) is -0.734. The van der Waals surface area contributed by atoms with Gasteiger partial charge < -0.3 is 9.84 Å². The van der Waals surface area contributed by atoms with Gasteiger partial charge in [0.2, 0.25) is 0 Å². The Morgan fingerprint density at radius 1 is 1.10 bits per heavy atom. The summed E-state index contributed by atoms with van der Waals surface area (Å²) in [7, 11) is 0. The highest BCUT2D eigenvalue weighted by Crippen LogP contribution is 2.37. The molecule has 1 fully saturated rings. The SMILES string of the molecule is Cc1cnc(-c2ccnc(C3CCC(C)(O)CC3)n2)cc1-n1c(C)cc(OCc2ncc(F)cc2F)c(Cl)c1=O. The summed E-state index contributed by atoms with van der Waals surface area (Å²) in [5.41, 5.74) is 1.72. The molecule has 8 nitrogen and oxygen atoms in total. The molecule has 11 heteroatoms. The quantitative estimate of drug-likeness (QED) is 0.322. The van der Waals surface area contributed by atoms with Crippen LogP contribution in [0.15, 0.2) is 47.7 Å². The molecule has 0 aromatic carbocycles. The Hall–Kier alpha value is -3.76. The maximum atomic E-state index is 14.0. The van der Waals surface area contributed by atoms with Crippen LogP contribution in [0.3, 0.4) is 0 Å². The van der Waals surface area contributed by atoms with Crippen molar-refractivity contribution in [3.8, 4) is 22.8 Å². The van der Waals surface area contributed by atoms with E-state index in [1.54, 1.807) is 37.5 Å². The van der Waals surface area contributed by atoms with Crippen molar-refractivity contribution < 1.29 is 18.6 Å². The lowest BCUT2D eigenvalue weighted by molar-refractivity contribution is 0.0164. The summed E-state index contributed by atoms with van der Waals surface area (Å²) in [6.07, 6.45) is 7.23. The molecular formula is C29H28ClF2N5O3. The number of aromatic nitrogens is 5. The molecule has 5 rings (SSSR count). The number of halogens is 3. The summed E-state index contributed by atoms with van der Waals surface area (Å²) in [6.45, 7) is 5.08. The molecule has 0 unspecified atom stereocenters. The van der Waals surface area contributed by atoms with E-state index in [1.165, 1.54) is 4.57 Å². The number of ether oxygens (including phenoxy) is 1. The fraction of sp³-hybridized carbons (Fsp3) is 0.345. The van der Waals surface area contributed by atoms with E-state index < -0.39 is 22.8 Å². The molecule has 1 aliphatic carbocycles. The van der Waals surface area contributed by atoms with Gasteiger partial charge in [0.05, 0.1) is 28.9 Å². The molecule has 1 saturated carbocycles. The van der Waals surface area contributed by atoms with Gasteiger partial charge in [0.1, 0.15) is 34.7 Å². The van der Waals surface area contributed by atoms with E-state index in [4.69, 9.17) is 21.3 Å². The smallest absolute Gasteiger partial charge is 0.277 e. The lowest BCUT2D eigenvalue weighted by atomic mass is 9.79. The second-order valence-electron chi connectivity index (χ2n) is 10.4. The Labute approximate surface area is 234 Å². The van der Waals surface area contributed by atoms with Gasteiger partial charge >= 0.3 is 0 Å². The van der Waals surface area contributed by atoms with Crippen LogP contribution >= 0.6 is 11.6 Å². The zero-order chi connectivity index (χ0) is 28.6. The van der Waals surface area contributed by atoms with Gasteiger partial charge in [0.25, 0.3) is 5.56 Å². The molecule has 4 aromatic rings. The lowest BCUT2D eigenvalue weighted by Gasteiger charge is -2.32. The Bertz CT molecular complexity index is 1630. The van der Waals surface area contributed by atoms with Gasteiger partial charge in [-0.1, -0.05) is 11.6 Å². The molecule has 4 aromatic heterocycles. The standard InChI is InChI=1S/C29H28ClF2N5O3/c1-16-13-34-22(21-6-9-33-27(36-21)18-4-7-29(3,39)8-5-18)12-24(16)37-17(2)10-25(26(30)28(37)38)40-15-23-20(32)11-19(31)14-35-23/h6,9-14,18,39H,4-5,7-8,15H2,1-3H3. The summed E-state index contributed by atoms with van der Waals surface area (Å²) >= 11 is 6.40. The van der Waals surface area contributed by atoms with E-state index in [1.807, 2.05) is 13.8 Å². The molecule has 0 radical (unpaired) electrons. The number of hydrogen-bond donors (Lipinski definition) is 1. The van der Waals surface area contributed by atoms with Crippen LogP contribution in [0, 0.1) is 25.5 Å². The summed E-state index contributed by atoms with van der Waals surface area (Å²) in [4.78, 5) is 30.9. The normalized spacial score (nSPS) is 19.0. The third kappa shape index (κ3) is 5.73. The number of hydrogen-bond acceptors (Lipinski definition) is 7. The topological polar surface area (TPSA) is 103 Å². The van der Waals surface area contributed by atoms with Gasteiger partial charge in [-0.25, -0.2) is 18.7 Å². The lowest BCUT2D eigenvalue weighted by Crippen LogP contribution is -2.30. The predicted molar refractivity (Wildman–Crippen MR) is 146 cm³/mol. The summed E-state index contributed by atoms with van der Waals surface area (Å²) < 4.78 is 34.2. The van der Waals surface area contributed by atoms with E-state index in [0.29, 0.717) is 47.5 Å². The van der Waals surface area contributed by atoms with Gasteiger partial charge in [-0.15, -0.1) is 0 Å². The summed E-state index contributed by atoms with van der Waals surface area (Å²) in [5, 5.41) is 10.1. The van der Waals surface area contributed by atoms with Crippen LogP contribution in [0.5, 0.6) is 5.75 Å². The van der Waals surface area contributed by atoms with E-state index in [-0.39, 0.29) is 29.0 Å². The van der Waals surface area contributed by atoms with Gasteiger partial charge in [-0.3, -0.25) is 19.3 Å². The zero-order valence-electron chi connectivity index (χ0n) is 22.3. The van der Waals surface area contributed by atoms with Crippen molar-refractivity contribution in [1.82, 2.24) is 24.5 Å². The zero-order valence-corrected chi connectivity index (χ0v) is 23.0. The van der Waals surface area contributed by atoms with Gasteiger partial charge in [-0.05, 0) is 64.2 Å². The highest BCUT2D eigenvalue weighted by atomic mass is 35.5. The summed E-state index contributed by atoms with van der Waals surface area (Å²) in [6, 6.07) is 5.83. The fourth-order valence-electron chi connectivity index (χ4n) is 4.89. The average Bonchev–Trinajstić information content (AvgIpc) is 2.92. The van der Waals surface area contributed by atoms with Crippen molar-refractivity contribution in [3.63, 3.8) is 0 Å². The van der Waals surface area contributed by atoms with Crippen molar-refractivity contribution in [2.45, 2.75) is 64.6 Å². The van der Waals surface area contributed by atoms with Crippen LogP contribution < -0.4 is 10.3 Å². The molecule has 0 aliphatic heterocycles. The Balaban J connectivity index is 1.44. The van der Waals surface area contributed by atoms with Crippen molar-refractivity contribution in [3.05, 3.63) is 92.6 Å². The van der Waals surface area contributed by atoms with Gasteiger partial charge in [0.15, 0.2) is 5.82 Å². The number of pyridine rings is 3. The number of aliphatic hydroxyl groups is 1. The number of aryl methyl sites for hydroxylation is 2. The second-order valence-corrected chi connectivity index (χ2v) is 10.8. The molecule has 40 heavy (non-hydrogen) atoms. The van der Waals surface area contributed by atoms with Crippen LogP contribution in [0.4, 0.5) is 8.78 Å². The minimum atomic E-state index is -0.857. The highest BCUT2D eigenvalue weighted by Gasteiger charge is 2.30. The molecule has 1 aliphatic rings. The van der Waals surface area contributed by atoms with Crippen molar-refractivity contribution in [2.75, 3.05) is 0 Å². The highest BCUT2D eigenvalue weighted by molar-refractivity contribution is 6.31. The molecule has 4 heterocycles. The van der Waals surface area contributed by atoms with Crippen LogP contribution in [-0.4, -0.2) is 35.2 Å².